The van der Waals surface area contributed by atoms with Crippen LogP contribution in [0.15, 0.2) is 0 Å². The zero-order valence-electron chi connectivity index (χ0n) is 22.9. The van der Waals surface area contributed by atoms with Crippen LogP contribution >= 0.6 is 0 Å². The summed E-state index contributed by atoms with van der Waals surface area (Å²) in [6.07, 6.45) is 22.0. The van der Waals surface area contributed by atoms with E-state index in [9.17, 15) is 21.6 Å². The average molecular weight is 565 g/mol. The highest BCUT2D eigenvalue weighted by molar-refractivity contribution is 7.87. The van der Waals surface area contributed by atoms with Gasteiger partial charge in [-0.3, -0.25) is 4.18 Å². The molecule has 4 saturated carbocycles. The maximum atomic E-state index is 11.7. The second-order valence-corrected chi connectivity index (χ2v) is 18.1. The van der Waals surface area contributed by atoms with Crippen molar-refractivity contribution in [3.8, 4) is 23.8 Å². The lowest BCUT2D eigenvalue weighted by Gasteiger charge is -2.24. The maximum Gasteiger partial charge on any atom is 0.523 e. The zero-order chi connectivity index (χ0) is 28.0. The highest BCUT2D eigenvalue weighted by atomic mass is 32.2. The summed E-state index contributed by atoms with van der Waals surface area (Å²) < 4.78 is 59.6. The molecule has 0 aromatic carbocycles. The number of aliphatic hydroxyl groups excluding tert-OH is 1. The SMILES string of the molecule is C#CCC1CCC1.C[Si](C)(C)C#CCC1CCC1.O=S(=O)(OCC1CCC1)C(F)(F)F.OCC1CCC1. The van der Waals surface area contributed by atoms with E-state index in [0.29, 0.717) is 12.5 Å². The second-order valence-electron chi connectivity index (χ2n) is 11.7. The van der Waals surface area contributed by atoms with Gasteiger partial charge < -0.3 is 5.11 Å². The van der Waals surface area contributed by atoms with Crippen molar-refractivity contribution in [2.45, 2.75) is 115 Å². The van der Waals surface area contributed by atoms with E-state index in [1.165, 1.54) is 64.2 Å². The van der Waals surface area contributed by atoms with Gasteiger partial charge >= 0.3 is 15.6 Å². The molecule has 0 saturated heterocycles. The quantitative estimate of drug-likeness (QED) is 0.159. The smallest absolute Gasteiger partial charge is 0.396 e. The number of alkyl halides is 3. The molecule has 9 heteroatoms. The van der Waals surface area contributed by atoms with Gasteiger partial charge in [-0.15, -0.1) is 23.8 Å². The van der Waals surface area contributed by atoms with Crippen molar-refractivity contribution in [1.82, 2.24) is 0 Å². The van der Waals surface area contributed by atoms with Crippen molar-refractivity contribution >= 4 is 18.2 Å². The van der Waals surface area contributed by atoms with E-state index in [1.54, 1.807) is 0 Å². The van der Waals surface area contributed by atoms with Crippen LogP contribution in [0.3, 0.4) is 0 Å². The van der Waals surface area contributed by atoms with E-state index in [-0.39, 0.29) is 12.5 Å². The fourth-order valence-electron chi connectivity index (χ4n) is 3.61. The number of halogens is 3. The highest BCUT2D eigenvalue weighted by Crippen LogP contribution is 2.31. The molecule has 0 bridgehead atoms. The van der Waals surface area contributed by atoms with Gasteiger partial charge in [-0.2, -0.15) is 21.6 Å². The molecule has 214 valence electrons. The first-order valence-electron chi connectivity index (χ1n) is 13.8. The third-order valence-electron chi connectivity index (χ3n) is 7.16. The van der Waals surface area contributed by atoms with Crippen LogP contribution in [0.1, 0.15) is 89.9 Å². The van der Waals surface area contributed by atoms with Gasteiger partial charge in [-0.1, -0.05) is 45.3 Å². The molecule has 0 amide bonds. The Kier molecular flexibility index (Phi) is 15.5. The molecular weight excluding hydrogens is 517 g/mol. The Morgan fingerprint density at radius 1 is 0.838 bits per heavy atom. The molecule has 4 aliphatic carbocycles. The first-order valence-corrected chi connectivity index (χ1v) is 18.7. The minimum absolute atomic E-state index is 0.0304. The predicted octanol–water partition coefficient (Wildman–Crippen LogP) is 7.30. The van der Waals surface area contributed by atoms with Gasteiger partial charge in [-0.25, -0.2) is 0 Å². The van der Waals surface area contributed by atoms with Crippen molar-refractivity contribution in [2.24, 2.45) is 23.7 Å². The van der Waals surface area contributed by atoms with Crippen LogP contribution in [0.5, 0.6) is 0 Å². The summed E-state index contributed by atoms with van der Waals surface area (Å²) in [6, 6.07) is 0. The number of hydrogen-bond acceptors (Lipinski definition) is 4. The lowest BCUT2D eigenvalue weighted by Crippen LogP contribution is -2.29. The topological polar surface area (TPSA) is 63.6 Å². The number of terminal acetylenes is 1. The Morgan fingerprint density at radius 3 is 1.51 bits per heavy atom. The molecule has 0 spiro atoms. The third kappa shape index (κ3) is 15.2. The molecule has 0 unspecified atom stereocenters. The molecule has 0 aliphatic heterocycles. The van der Waals surface area contributed by atoms with E-state index in [2.05, 4.69) is 41.2 Å². The molecule has 1 N–H and O–H groups in total. The van der Waals surface area contributed by atoms with Crippen LogP contribution in [0, 0.1) is 47.5 Å². The highest BCUT2D eigenvalue weighted by Gasteiger charge is 2.47. The number of hydrogen-bond donors (Lipinski definition) is 1. The second kappa shape index (κ2) is 16.8. The Labute approximate surface area is 224 Å². The molecule has 0 aromatic rings. The lowest BCUT2D eigenvalue weighted by molar-refractivity contribution is -0.0557. The zero-order valence-corrected chi connectivity index (χ0v) is 24.7. The molecule has 37 heavy (non-hydrogen) atoms. The van der Waals surface area contributed by atoms with E-state index in [0.717, 1.165) is 37.5 Å². The summed E-state index contributed by atoms with van der Waals surface area (Å²) in [4.78, 5) is 0. The van der Waals surface area contributed by atoms with Crippen LogP contribution in [0.4, 0.5) is 13.2 Å². The Morgan fingerprint density at radius 2 is 1.27 bits per heavy atom. The Bertz CT molecular complexity index is 831. The van der Waals surface area contributed by atoms with E-state index < -0.39 is 23.7 Å². The molecule has 4 rings (SSSR count). The summed E-state index contributed by atoms with van der Waals surface area (Å²) in [5.74, 6) is 8.50. The van der Waals surface area contributed by atoms with Gasteiger partial charge in [0.25, 0.3) is 0 Å². The van der Waals surface area contributed by atoms with Gasteiger partial charge in [0.15, 0.2) is 0 Å². The lowest BCUT2D eigenvalue weighted by atomic mass is 9.83. The van der Waals surface area contributed by atoms with Crippen molar-refractivity contribution in [3.05, 3.63) is 0 Å². The fraction of sp³-hybridized carbons (Fsp3) is 0.857. The van der Waals surface area contributed by atoms with Gasteiger partial charge in [0.1, 0.15) is 8.07 Å². The van der Waals surface area contributed by atoms with Crippen LogP contribution in [0.2, 0.25) is 19.6 Å². The average Bonchev–Trinajstić information content (AvgIpc) is 2.64. The summed E-state index contributed by atoms with van der Waals surface area (Å²) >= 11 is 0. The first kappa shape index (κ1) is 34.0. The fourth-order valence-corrected chi connectivity index (χ4v) is 4.75. The molecule has 4 fully saturated rings. The van der Waals surface area contributed by atoms with Crippen molar-refractivity contribution in [2.75, 3.05) is 13.2 Å². The molecular formula is C28H47F3O4SSi. The Balaban J connectivity index is 0.000000257. The van der Waals surface area contributed by atoms with Gasteiger partial charge in [0, 0.05) is 19.4 Å². The standard InChI is InChI=1S/C10H18Si.C7H10.C6H9F3O3S.C5H10O/c1-11(2,3)9-5-8-10-6-4-7-10;1-2-4-7-5-3-6-7;7-6(8,9)13(10,11)12-4-5-2-1-3-5;6-4-5-2-1-3-5/h10H,4,6-8H2,1-3H3;1,7H,3-6H2;5H,1-4H2;5-6H,1-4H2. The van der Waals surface area contributed by atoms with Gasteiger partial charge in [0.05, 0.1) is 6.61 Å². The van der Waals surface area contributed by atoms with Crippen LogP contribution < -0.4 is 0 Å². The van der Waals surface area contributed by atoms with Crippen molar-refractivity contribution in [1.29, 1.82) is 0 Å². The van der Waals surface area contributed by atoms with E-state index in [4.69, 9.17) is 11.5 Å². The molecule has 0 heterocycles. The number of rotatable bonds is 6. The minimum Gasteiger partial charge on any atom is -0.396 e. The molecule has 0 radical (unpaired) electrons. The summed E-state index contributed by atoms with van der Waals surface area (Å²) in [5.41, 5.74) is -1.89. The van der Waals surface area contributed by atoms with Crippen LogP contribution in [-0.2, 0) is 14.3 Å². The molecule has 0 atom stereocenters. The molecule has 4 nitrogen and oxygen atoms in total. The monoisotopic (exact) mass is 564 g/mol. The normalized spacial score (nSPS) is 20.2. The molecule has 4 aliphatic rings. The summed E-state index contributed by atoms with van der Waals surface area (Å²) in [6.45, 7) is 6.99. The van der Waals surface area contributed by atoms with Gasteiger partial charge in [0.2, 0.25) is 0 Å². The van der Waals surface area contributed by atoms with E-state index in [1.807, 2.05) is 0 Å². The maximum absolute atomic E-state index is 11.7. The van der Waals surface area contributed by atoms with Crippen LogP contribution in [-0.4, -0.2) is 40.3 Å². The predicted molar refractivity (Wildman–Crippen MR) is 147 cm³/mol. The van der Waals surface area contributed by atoms with Crippen LogP contribution in [0.25, 0.3) is 0 Å². The van der Waals surface area contributed by atoms with Crippen molar-refractivity contribution in [3.63, 3.8) is 0 Å². The minimum atomic E-state index is -5.37. The Hall–Kier alpha value is -1.00. The van der Waals surface area contributed by atoms with E-state index >= 15 is 0 Å². The number of aliphatic hydroxyl groups is 1. The van der Waals surface area contributed by atoms with Crippen molar-refractivity contribution < 1.29 is 30.9 Å². The third-order valence-corrected chi connectivity index (χ3v) is 9.10. The summed E-state index contributed by atoms with van der Waals surface area (Å²) in [7, 11) is -6.44. The largest absolute Gasteiger partial charge is 0.523 e. The molecule has 0 aromatic heterocycles. The van der Waals surface area contributed by atoms with Gasteiger partial charge in [-0.05, 0) is 75.0 Å². The summed E-state index contributed by atoms with van der Waals surface area (Å²) in [5, 5.41) is 8.39. The first-order chi connectivity index (χ1) is 17.3.